The summed E-state index contributed by atoms with van der Waals surface area (Å²) in [5.74, 6) is -0.909. The van der Waals surface area contributed by atoms with Crippen molar-refractivity contribution in [3.63, 3.8) is 0 Å². The van der Waals surface area contributed by atoms with Gasteiger partial charge in [-0.05, 0) is 31.6 Å². The molecule has 2 heterocycles. The van der Waals surface area contributed by atoms with Gasteiger partial charge in [-0.25, -0.2) is 4.79 Å². The van der Waals surface area contributed by atoms with E-state index in [2.05, 4.69) is 6.92 Å². The maximum Gasteiger partial charge on any atom is 0.393 e. The Morgan fingerprint density at radius 2 is 1.63 bits per heavy atom. The summed E-state index contributed by atoms with van der Waals surface area (Å²) in [6, 6.07) is -0.208. The minimum absolute atomic E-state index is 0.143. The normalized spacial score (nSPS) is 29.5. The zero-order chi connectivity index (χ0) is 14.0. The molecule has 0 N–H and O–H groups in total. The van der Waals surface area contributed by atoms with Gasteiger partial charge >= 0.3 is 12.2 Å². The van der Waals surface area contributed by atoms with Gasteiger partial charge in [0.1, 0.15) is 0 Å². The Morgan fingerprint density at radius 3 is 2.21 bits per heavy atom. The third kappa shape index (κ3) is 3.54. The molecule has 2 saturated heterocycles. The number of carbonyl (C=O) groups is 1. The van der Waals surface area contributed by atoms with Crippen molar-refractivity contribution in [1.29, 1.82) is 0 Å². The number of amides is 2. The van der Waals surface area contributed by atoms with Crippen LogP contribution < -0.4 is 0 Å². The van der Waals surface area contributed by atoms with E-state index in [-0.39, 0.29) is 19.0 Å². The maximum atomic E-state index is 12.7. The summed E-state index contributed by atoms with van der Waals surface area (Å²) in [6.07, 6.45) is -1.56. The Kier molecular flexibility index (Phi) is 4.26. The van der Waals surface area contributed by atoms with Gasteiger partial charge in [-0.3, -0.25) is 0 Å². The monoisotopic (exact) mass is 278 g/mol. The van der Waals surface area contributed by atoms with E-state index in [0.717, 1.165) is 12.8 Å². The molecular weight excluding hydrogens is 257 g/mol. The largest absolute Gasteiger partial charge is 0.393 e. The molecule has 2 atom stereocenters. The zero-order valence-electron chi connectivity index (χ0n) is 11.2. The number of carbonyl (C=O) groups excluding carboxylic acids is 1. The molecule has 0 spiro atoms. The van der Waals surface area contributed by atoms with Crippen LogP contribution in [0.15, 0.2) is 0 Å². The molecule has 2 amide bonds. The maximum absolute atomic E-state index is 12.7. The van der Waals surface area contributed by atoms with Crippen molar-refractivity contribution in [2.24, 2.45) is 11.8 Å². The Labute approximate surface area is 111 Å². The third-order valence-electron chi connectivity index (χ3n) is 4.08. The molecule has 2 unspecified atom stereocenters. The molecule has 0 saturated carbocycles. The molecular formula is C13H21F3N2O. The van der Waals surface area contributed by atoms with Crippen LogP contribution in [-0.4, -0.2) is 48.2 Å². The quantitative estimate of drug-likeness (QED) is 0.668. The number of halogens is 3. The van der Waals surface area contributed by atoms with Crippen molar-refractivity contribution in [3.8, 4) is 0 Å². The predicted molar refractivity (Wildman–Crippen MR) is 65.7 cm³/mol. The second kappa shape index (κ2) is 5.59. The Morgan fingerprint density at radius 1 is 1.05 bits per heavy atom. The fraction of sp³-hybridized carbons (Fsp3) is 0.923. The first-order chi connectivity index (χ1) is 8.88. The summed E-state index contributed by atoms with van der Waals surface area (Å²) in [6.45, 7) is 3.71. The highest BCUT2D eigenvalue weighted by atomic mass is 19.4. The third-order valence-corrected chi connectivity index (χ3v) is 4.08. The van der Waals surface area contributed by atoms with Gasteiger partial charge in [0.25, 0.3) is 0 Å². The first kappa shape index (κ1) is 14.5. The number of hydrogen-bond donors (Lipinski definition) is 0. The summed E-state index contributed by atoms with van der Waals surface area (Å²) < 4.78 is 38.2. The molecule has 19 heavy (non-hydrogen) atoms. The van der Waals surface area contributed by atoms with Crippen LogP contribution in [0, 0.1) is 11.8 Å². The number of likely N-dealkylation sites (tertiary alicyclic amines) is 2. The number of rotatable bonds is 0. The molecule has 2 rings (SSSR count). The van der Waals surface area contributed by atoms with Gasteiger partial charge in [0, 0.05) is 26.2 Å². The average Bonchev–Trinajstić information content (AvgIpc) is 2.37. The van der Waals surface area contributed by atoms with Crippen molar-refractivity contribution in [3.05, 3.63) is 0 Å². The van der Waals surface area contributed by atoms with Crippen LogP contribution in [0.1, 0.15) is 32.6 Å². The first-order valence-corrected chi connectivity index (χ1v) is 6.98. The average molecular weight is 278 g/mol. The summed E-state index contributed by atoms with van der Waals surface area (Å²) in [5.41, 5.74) is 0. The molecule has 3 nitrogen and oxygen atoms in total. The molecule has 0 aromatic heterocycles. The highest BCUT2D eigenvalue weighted by Crippen LogP contribution is 2.33. The number of alkyl halides is 3. The molecule has 0 bridgehead atoms. The lowest BCUT2D eigenvalue weighted by molar-refractivity contribution is -0.184. The van der Waals surface area contributed by atoms with Gasteiger partial charge in [-0.15, -0.1) is 0 Å². The van der Waals surface area contributed by atoms with Gasteiger partial charge in [-0.1, -0.05) is 6.92 Å². The lowest BCUT2D eigenvalue weighted by Gasteiger charge is -2.39. The minimum Gasteiger partial charge on any atom is -0.324 e. The van der Waals surface area contributed by atoms with Crippen molar-refractivity contribution in [2.45, 2.75) is 38.8 Å². The molecule has 0 radical (unpaired) electrons. The SMILES string of the molecule is CC1CCCN(C(=O)N2CCCC(C(F)(F)F)C2)C1. The molecule has 110 valence electrons. The molecule has 0 aliphatic carbocycles. The number of piperidine rings is 2. The van der Waals surface area contributed by atoms with E-state index in [1.165, 1.54) is 4.90 Å². The van der Waals surface area contributed by atoms with E-state index in [1.807, 2.05) is 0 Å². The van der Waals surface area contributed by atoms with E-state index < -0.39 is 12.1 Å². The van der Waals surface area contributed by atoms with Crippen LogP contribution in [-0.2, 0) is 0 Å². The summed E-state index contributed by atoms with van der Waals surface area (Å²) in [7, 11) is 0. The van der Waals surface area contributed by atoms with Gasteiger partial charge in [0.2, 0.25) is 0 Å². The van der Waals surface area contributed by atoms with Crippen molar-refractivity contribution >= 4 is 6.03 Å². The van der Waals surface area contributed by atoms with Gasteiger partial charge in [0.05, 0.1) is 5.92 Å². The fourth-order valence-electron chi connectivity index (χ4n) is 2.98. The minimum atomic E-state index is -4.19. The van der Waals surface area contributed by atoms with Crippen LogP contribution >= 0.6 is 0 Å². The van der Waals surface area contributed by atoms with E-state index in [0.29, 0.717) is 32.0 Å². The molecule has 0 aromatic rings. The van der Waals surface area contributed by atoms with Gasteiger partial charge in [-0.2, -0.15) is 13.2 Å². The van der Waals surface area contributed by atoms with E-state index in [9.17, 15) is 18.0 Å². The molecule has 2 fully saturated rings. The van der Waals surface area contributed by atoms with Crippen molar-refractivity contribution in [2.75, 3.05) is 26.2 Å². The first-order valence-electron chi connectivity index (χ1n) is 6.98. The number of hydrogen-bond acceptors (Lipinski definition) is 1. The van der Waals surface area contributed by atoms with Crippen molar-refractivity contribution in [1.82, 2.24) is 9.80 Å². The van der Waals surface area contributed by atoms with Crippen LogP contribution in [0.3, 0.4) is 0 Å². The van der Waals surface area contributed by atoms with E-state index in [1.54, 1.807) is 4.90 Å². The summed E-state index contributed by atoms with van der Waals surface area (Å²) in [5, 5.41) is 0. The Hall–Kier alpha value is -0.940. The predicted octanol–water partition coefficient (Wildman–Crippen LogP) is 3.11. The highest BCUT2D eigenvalue weighted by molar-refractivity contribution is 5.74. The fourth-order valence-corrected chi connectivity index (χ4v) is 2.98. The topological polar surface area (TPSA) is 23.6 Å². The zero-order valence-corrected chi connectivity index (χ0v) is 11.2. The summed E-state index contributed by atoms with van der Waals surface area (Å²) >= 11 is 0. The van der Waals surface area contributed by atoms with Crippen LogP contribution in [0.5, 0.6) is 0 Å². The van der Waals surface area contributed by atoms with Gasteiger partial charge < -0.3 is 9.80 Å². The Balaban J connectivity index is 1.95. The number of nitrogens with zero attached hydrogens (tertiary/aromatic N) is 2. The second-order valence-corrected chi connectivity index (χ2v) is 5.80. The second-order valence-electron chi connectivity index (χ2n) is 5.80. The van der Waals surface area contributed by atoms with E-state index in [4.69, 9.17) is 0 Å². The van der Waals surface area contributed by atoms with Gasteiger partial charge in [0.15, 0.2) is 0 Å². The highest BCUT2D eigenvalue weighted by Gasteiger charge is 2.43. The molecule has 6 heteroatoms. The Bertz CT molecular complexity index is 332. The summed E-state index contributed by atoms with van der Waals surface area (Å²) in [4.78, 5) is 15.4. The molecule has 2 aliphatic rings. The molecule has 2 aliphatic heterocycles. The lowest BCUT2D eigenvalue weighted by atomic mass is 9.97. The lowest BCUT2D eigenvalue weighted by Crippen LogP contribution is -2.52. The van der Waals surface area contributed by atoms with Crippen LogP contribution in [0.2, 0.25) is 0 Å². The number of urea groups is 1. The van der Waals surface area contributed by atoms with Crippen molar-refractivity contribution < 1.29 is 18.0 Å². The standard InChI is InChI=1S/C13H21F3N2O/c1-10-4-2-6-17(8-10)12(19)18-7-3-5-11(9-18)13(14,15)16/h10-11H,2-9H2,1H3. The van der Waals surface area contributed by atoms with E-state index >= 15 is 0 Å². The van der Waals surface area contributed by atoms with Crippen LogP contribution in [0.4, 0.5) is 18.0 Å². The smallest absolute Gasteiger partial charge is 0.324 e. The molecule has 0 aromatic carbocycles. The van der Waals surface area contributed by atoms with Crippen LogP contribution in [0.25, 0.3) is 0 Å².